The fourth-order valence-electron chi connectivity index (χ4n) is 1.61. The summed E-state index contributed by atoms with van der Waals surface area (Å²) < 4.78 is 7.43. The second-order valence-corrected chi connectivity index (χ2v) is 6.60. The summed E-state index contributed by atoms with van der Waals surface area (Å²) in [4.78, 5) is 0. The first-order chi connectivity index (χ1) is 11.0. The van der Waals surface area contributed by atoms with Crippen LogP contribution in [-0.2, 0) is 0 Å². The van der Waals surface area contributed by atoms with Crippen molar-refractivity contribution in [3.8, 4) is 11.5 Å². The van der Waals surface area contributed by atoms with Gasteiger partial charge in [0.2, 0.25) is 0 Å². The molecule has 0 aliphatic carbocycles. The van der Waals surface area contributed by atoms with Gasteiger partial charge in [-0.2, -0.15) is 0 Å². The second kappa shape index (κ2) is 11.5. The number of hydrogen-bond donors (Lipinski definition) is 3. The van der Waals surface area contributed by atoms with Gasteiger partial charge in [0.25, 0.3) is 0 Å². The summed E-state index contributed by atoms with van der Waals surface area (Å²) in [5, 5.41) is 20.6. The van der Waals surface area contributed by atoms with Crippen LogP contribution in [0.15, 0.2) is 57.5 Å². The van der Waals surface area contributed by atoms with E-state index in [0.717, 1.165) is 27.7 Å². The van der Waals surface area contributed by atoms with Gasteiger partial charge in [0.1, 0.15) is 11.5 Å². The zero-order valence-electron chi connectivity index (χ0n) is 12.9. The monoisotopic (exact) mass is 443 g/mol. The third-order valence-electron chi connectivity index (χ3n) is 2.63. The predicted octanol–water partition coefficient (Wildman–Crippen LogP) is 4.07. The van der Waals surface area contributed by atoms with Crippen LogP contribution in [-0.4, -0.2) is 30.3 Å². The lowest BCUT2D eigenvalue weighted by atomic mass is 9.89. The maximum atomic E-state index is 8.95. The summed E-state index contributed by atoms with van der Waals surface area (Å²) in [7, 11) is -0.448. The van der Waals surface area contributed by atoms with E-state index < -0.39 is 7.05 Å². The van der Waals surface area contributed by atoms with E-state index in [-0.39, 0.29) is 0 Å². The van der Waals surface area contributed by atoms with Crippen molar-refractivity contribution in [2.24, 2.45) is 0 Å². The molecule has 0 aliphatic heterocycles. The van der Waals surface area contributed by atoms with Crippen LogP contribution >= 0.6 is 31.9 Å². The van der Waals surface area contributed by atoms with Crippen LogP contribution in [0.3, 0.4) is 0 Å². The smallest absolute Gasteiger partial charge is 0.373 e. The van der Waals surface area contributed by atoms with Gasteiger partial charge >= 0.3 is 7.05 Å². The molecule has 0 atom stereocenters. The number of phenolic OH excluding ortho intramolecular Hbond substituents is 1. The fraction of sp³-hybridized carbons (Fsp3) is 0.250. The molecule has 0 aromatic heterocycles. The van der Waals surface area contributed by atoms with Gasteiger partial charge in [0, 0.05) is 8.95 Å². The highest BCUT2D eigenvalue weighted by atomic mass is 79.9. The first kappa shape index (κ1) is 20.0. The molecule has 2 aromatic carbocycles. The van der Waals surface area contributed by atoms with Crippen molar-refractivity contribution < 1.29 is 14.9 Å². The summed E-state index contributed by atoms with van der Waals surface area (Å²) in [6, 6.07) is 14.7. The molecule has 0 heterocycles. The normalized spacial score (nSPS) is 9.74. The van der Waals surface area contributed by atoms with Crippen molar-refractivity contribution in [1.82, 2.24) is 5.23 Å². The number of hydrogen-bond acceptors (Lipinski definition) is 4. The number of nitrogens with one attached hydrogen (secondary N) is 1. The van der Waals surface area contributed by atoms with Crippen LogP contribution in [0.5, 0.6) is 11.5 Å². The Bertz CT molecular complexity index is 568. The summed E-state index contributed by atoms with van der Waals surface area (Å²) >= 11 is 6.58. The number of ether oxygens (including phenoxy) is 1. The quantitative estimate of drug-likeness (QED) is 0.464. The predicted molar refractivity (Wildman–Crippen MR) is 102 cm³/mol. The summed E-state index contributed by atoms with van der Waals surface area (Å²) in [6.07, 6.45) is 0.872. The molecule has 0 fully saturated rings. The average molecular weight is 445 g/mol. The molecular weight excluding hydrogens is 425 g/mol. The Balaban J connectivity index is 0.000000277. The number of halogens is 2. The molecule has 0 bridgehead atoms. The third-order valence-corrected chi connectivity index (χ3v) is 3.62. The van der Waals surface area contributed by atoms with E-state index in [1.165, 1.54) is 0 Å². The molecule has 0 spiro atoms. The minimum absolute atomic E-state index is 0.291. The Morgan fingerprint density at radius 1 is 1.09 bits per heavy atom. The van der Waals surface area contributed by atoms with Gasteiger partial charge in [-0.15, -0.1) is 0 Å². The molecular formula is C16H20BBr2NO3. The van der Waals surface area contributed by atoms with E-state index in [0.29, 0.717) is 12.4 Å². The molecule has 0 saturated heterocycles. The third kappa shape index (κ3) is 10.4. The lowest BCUT2D eigenvalue weighted by Gasteiger charge is -2.07. The zero-order valence-corrected chi connectivity index (χ0v) is 16.0. The molecule has 0 amide bonds. The molecule has 0 saturated carbocycles. The minimum Gasteiger partial charge on any atom is -0.508 e. The number of rotatable bonds is 6. The second-order valence-electron chi connectivity index (χ2n) is 4.77. The van der Waals surface area contributed by atoms with Gasteiger partial charge in [-0.25, -0.2) is 0 Å². The van der Waals surface area contributed by atoms with Crippen molar-refractivity contribution in [3.63, 3.8) is 0 Å². The molecule has 0 unspecified atom stereocenters. The summed E-state index contributed by atoms with van der Waals surface area (Å²) in [5.74, 6) is 1.15. The molecule has 2 rings (SSSR count). The molecule has 4 nitrogen and oxygen atoms in total. The van der Waals surface area contributed by atoms with Gasteiger partial charge in [-0.3, -0.25) is 0 Å². The SMILES string of the molecule is CB(O)NCCCOc1cccc(Br)c1.Oc1cccc(Br)c1. The van der Waals surface area contributed by atoms with E-state index in [1.807, 2.05) is 30.3 Å². The molecule has 124 valence electrons. The van der Waals surface area contributed by atoms with Crippen LogP contribution in [0.1, 0.15) is 6.42 Å². The van der Waals surface area contributed by atoms with Crippen LogP contribution in [0.2, 0.25) is 6.82 Å². The summed E-state index contributed by atoms with van der Waals surface area (Å²) in [5.41, 5.74) is 0. The Kier molecular flexibility index (Phi) is 10.0. The lowest BCUT2D eigenvalue weighted by Crippen LogP contribution is -2.31. The first-order valence-electron chi connectivity index (χ1n) is 7.21. The Morgan fingerprint density at radius 3 is 2.26 bits per heavy atom. The highest BCUT2D eigenvalue weighted by molar-refractivity contribution is 9.10. The van der Waals surface area contributed by atoms with Crippen molar-refractivity contribution in [2.45, 2.75) is 13.2 Å². The topological polar surface area (TPSA) is 61.7 Å². The highest BCUT2D eigenvalue weighted by Gasteiger charge is 1.99. The van der Waals surface area contributed by atoms with Crippen LogP contribution < -0.4 is 9.96 Å². The van der Waals surface area contributed by atoms with Crippen LogP contribution in [0.4, 0.5) is 0 Å². The molecule has 3 N–H and O–H groups in total. The van der Waals surface area contributed by atoms with Crippen molar-refractivity contribution in [2.75, 3.05) is 13.2 Å². The van der Waals surface area contributed by atoms with Gasteiger partial charge < -0.3 is 20.1 Å². The van der Waals surface area contributed by atoms with E-state index in [4.69, 9.17) is 14.9 Å². The van der Waals surface area contributed by atoms with Gasteiger partial charge in [-0.05, 0) is 56.2 Å². The highest BCUT2D eigenvalue weighted by Crippen LogP contribution is 2.17. The lowest BCUT2D eigenvalue weighted by molar-refractivity contribution is 0.310. The first-order valence-corrected chi connectivity index (χ1v) is 8.80. The molecule has 23 heavy (non-hydrogen) atoms. The maximum absolute atomic E-state index is 8.95. The van der Waals surface area contributed by atoms with Gasteiger partial charge in [-0.1, -0.05) is 44.0 Å². The Hall–Kier alpha value is -1.02. The molecule has 0 radical (unpaired) electrons. The van der Waals surface area contributed by atoms with Crippen LogP contribution in [0.25, 0.3) is 0 Å². The van der Waals surface area contributed by atoms with Crippen molar-refractivity contribution in [3.05, 3.63) is 57.5 Å². The fourth-order valence-corrected chi connectivity index (χ4v) is 2.37. The number of benzene rings is 2. The minimum atomic E-state index is -0.448. The number of phenols is 1. The summed E-state index contributed by atoms with van der Waals surface area (Å²) in [6.45, 7) is 3.11. The van der Waals surface area contributed by atoms with E-state index in [1.54, 1.807) is 25.0 Å². The molecule has 2 aromatic rings. The van der Waals surface area contributed by atoms with Crippen LogP contribution in [0, 0.1) is 0 Å². The average Bonchev–Trinajstić information content (AvgIpc) is 2.47. The zero-order chi connectivity index (χ0) is 17.1. The van der Waals surface area contributed by atoms with Crippen molar-refractivity contribution in [1.29, 1.82) is 0 Å². The van der Waals surface area contributed by atoms with E-state index in [2.05, 4.69) is 37.1 Å². The van der Waals surface area contributed by atoms with E-state index >= 15 is 0 Å². The molecule has 7 heteroatoms. The molecule has 0 aliphatic rings. The van der Waals surface area contributed by atoms with Gasteiger partial charge in [0.15, 0.2) is 0 Å². The Morgan fingerprint density at radius 2 is 1.74 bits per heavy atom. The largest absolute Gasteiger partial charge is 0.508 e. The Labute approximate surface area is 154 Å². The number of aromatic hydroxyl groups is 1. The maximum Gasteiger partial charge on any atom is 0.373 e. The van der Waals surface area contributed by atoms with E-state index in [9.17, 15) is 0 Å². The van der Waals surface area contributed by atoms with Gasteiger partial charge in [0.05, 0.1) is 6.61 Å². The van der Waals surface area contributed by atoms with Crippen molar-refractivity contribution >= 4 is 38.9 Å². The standard InChI is InChI=1S/C10H15BBrNO2.C6H5BrO/c1-11(14)13-6-3-7-15-10-5-2-4-9(12)8-10;7-5-2-1-3-6(8)4-5/h2,4-5,8,13-14H,3,6-7H2,1H3;1-4,8H.